The molecule has 22 heavy (non-hydrogen) atoms. The summed E-state index contributed by atoms with van der Waals surface area (Å²) in [6, 6.07) is 0. The van der Waals surface area contributed by atoms with Gasteiger partial charge >= 0.3 is 0 Å². The fourth-order valence-electron chi connectivity index (χ4n) is 2.51. The molecule has 0 bridgehead atoms. The highest BCUT2D eigenvalue weighted by Gasteiger charge is 2.24. The van der Waals surface area contributed by atoms with Crippen LogP contribution in [0.3, 0.4) is 0 Å². The second-order valence-corrected chi connectivity index (χ2v) is 8.44. The molecule has 1 saturated heterocycles. The molecule has 0 aromatic carbocycles. The molecule has 1 aliphatic rings. The van der Waals surface area contributed by atoms with Crippen LogP contribution in [-0.4, -0.2) is 53.5 Å². The molecule has 6 heteroatoms. The topological polar surface area (TPSA) is 40.5 Å². The molecule has 1 aromatic rings. The smallest absolute Gasteiger partial charge is 0.193 e. The Kier molecular flexibility index (Phi) is 7.02. The van der Waals surface area contributed by atoms with Crippen LogP contribution in [0.2, 0.25) is 0 Å². The molecular weight excluding hydrogens is 312 g/mol. The van der Waals surface area contributed by atoms with Gasteiger partial charge < -0.3 is 10.2 Å². The van der Waals surface area contributed by atoms with Gasteiger partial charge in [0.1, 0.15) is 0 Å². The van der Waals surface area contributed by atoms with E-state index in [1.807, 2.05) is 24.6 Å². The molecule has 1 aromatic heterocycles. The third kappa shape index (κ3) is 4.88. The van der Waals surface area contributed by atoms with Crippen molar-refractivity contribution in [1.29, 1.82) is 0 Å². The van der Waals surface area contributed by atoms with Crippen LogP contribution in [0.4, 0.5) is 0 Å². The molecule has 0 radical (unpaired) electrons. The zero-order valence-corrected chi connectivity index (χ0v) is 15.8. The fourth-order valence-corrected chi connectivity index (χ4v) is 4.67. The lowest BCUT2D eigenvalue weighted by Gasteiger charge is -2.36. The standard InChI is InChI=1S/C16H28N4S2/c1-5-13-10-19-15(22-13)6-7-18-16(17-4)20-8-9-21-14(11-20)12(2)3/h10,12,14H,5-9,11H2,1-4H3,(H,17,18). The van der Waals surface area contributed by atoms with E-state index in [-0.39, 0.29) is 0 Å². The molecule has 1 atom stereocenters. The molecule has 0 saturated carbocycles. The Bertz CT molecular complexity index is 484. The summed E-state index contributed by atoms with van der Waals surface area (Å²) in [4.78, 5) is 12.7. The molecule has 0 aliphatic carbocycles. The van der Waals surface area contributed by atoms with Gasteiger partial charge in [0.15, 0.2) is 5.96 Å². The lowest BCUT2D eigenvalue weighted by Crippen LogP contribution is -2.49. The molecular formula is C16H28N4S2. The Morgan fingerprint density at radius 3 is 3.00 bits per heavy atom. The first-order chi connectivity index (χ1) is 10.6. The predicted octanol–water partition coefficient (Wildman–Crippen LogP) is 2.90. The monoisotopic (exact) mass is 340 g/mol. The molecule has 1 unspecified atom stereocenters. The zero-order valence-electron chi connectivity index (χ0n) is 14.1. The Morgan fingerprint density at radius 1 is 1.55 bits per heavy atom. The first-order valence-corrected chi connectivity index (χ1v) is 10.0. The van der Waals surface area contributed by atoms with E-state index in [2.05, 4.69) is 52.7 Å². The summed E-state index contributed by atoms with van der Waals surface area (Å²) in [5.74, 6) is 2.95. The largest absolute Gasteiger partial charge is 0.356 e. The second-order valence-electron chi connectivity index (χ2n) is 5.90. The average Bonchev–Trinajstić information content (AvgIpc) is 2.99. The van der Waals surface area contributed by atoms with Crippen molar-refractivity contribution in [2.75, 3.05) is 32.4 Å². The number of rotatable bonds is 5. The minimum absolute atomic E-state index is 0.707. The van der Waals surface area contributed by atoms with Gasteiger partial charge in [0.05, 0.1) is 5.01 Å². The lowest BCUT2D eigenvalue weighted by molar-refractivity contribution is 0.381. The minimum Gasteiger partial charge on any atom is -0.356 e. The number of aliphatic imine (C=N–C) groups is 1. The normalized spacial score (nSPS) is 19.8. The quantitative estimate of drug-likeness (QED) is 0.661. The highest BCUT2D eigenvalue weighted by molar-refractivity contribution is 8.00. The van der Waals surface area contributed by atoms with Crippen LogP contribution in [0.5, 0.6) is 0 Å². The highest BCUT2D eigenvalue weighted by atomic mass is 32.2. The van der Waals surface area contributed by atoms with Gasteiger partial charge in [-0.15, -0.1) is 11.3 Å². The van der Waals surface area contributed by atoms with Crippen LogP contribution in [0.1, 0.15) is 30.7 Å². The van der Waals surface area contributed by atoms with E-state index < -0.39 is 0 Å². The number of hydrogen-bond acceptors (Lipinski definition) is 4. The second kappa shape index (κ2) is 8.77. The lowest BCUT2D eigenvalue weighted by atomic mass is 10.1. The Balaban J connectivity index is 1.81. The number of aryl methyl sites for hydroxylation is 1. The molecule has 1 N–H and O–H groups in total. The molecule has 1 fully saturated rings. The van der Waals surface area contributed by atoms with Gasteiger partial charge in [-0.25, -0.2) is 4.98 Å². The predicted molar refractivity (Wildman–Crippen MR) is 99.2 cm³/mol. The van der Waals surface area contributed by atoms with Crippen molar-refractivity contribution in [1.82, 2.24) is 15.2 Å². The first kappa shape index (κ1) is 17.6. The van der Waals surface area contributed by atoms with Gasteiger partial charge in [0.2, 0.25) is 0 Å². The van der Waals surface area contributed by atoms with Gasteiger partial charge in [-0.2, -0.15) is 11.8 Å². The number of hydrogen-bond donors (Lipinski definition) is 1. The number of thioether (sulfide) groups is 1. The number of aromatic nitrogens is 1. The molecule has 4 nitrogen and oxygen atoms in total. The summed E-state index contributed by atoms with van der Waals surface area (Å²) in [6.07, 6.45) is 4.05. The zero-order chi connectivity index (χ0) is 15.9. The van der Waals surface area contributed by atoms with Gasteiger partial charge in [0, 0.05) is 55.2 Å². The third-order valence-electron chi connectivity index (χ3n) is 3.92. The van der Waals surface area contributed by atoms with E-state index in [1.165, 1.54) is 15.6 Å². The van der Waals surface area contributed by atoms with E-state index in [0.29, 0.717) is 11.2 Å². The molecule has 1 aliphatic heterocycles. The Labute approximate surface area is 142 Å². The molecule has 0 amide bonds. The van der Waals surface area contributed by atoms with Crippen LogP contribution < -0.4 is 5.32 Å². The molecule has 0 spiro atoms. The van der Waals surface area contributed by atoms with Gasteiger partial charge in [-0.05, 0) is 12.3 Å². The summed E-state index contributed by atoms with van der Waals surface area (Å²) < 4.78 is 0. The summed E-state index contributed by atoms with van der Waals surface area (Å²) in [5.41, 5.74) is 0. The van der Waals surface area contributed by atoms with Gasteiger partial charge in [-0.3, -0.25) is 4.99 Å². The van der Waals surface area contributed by atoms with Crippen molar-refractivity contribution in [3.8, 4) is 0 Å². The maximum absolute atomic E-state index is 4.48. The third-order valence-corrected chi connectivity index (χ3v) is 6.66. The van der Waals surface area contributed by atoms with Crippen molar-refractivity contribution in [3.05, 3.63) is 16.1 Å². The summed E-state index contributed by atoms with van der Waals surface area (Å²) in [7, 11) is 1.88. The average molecular weight is 341 g/mol. The van der Waals surface area contributed by atoms with E-state index in [4.69, 9.17) is 0 Å². The van der Waals surface area contributed by atoms with E-state index in [0.717, 1.165) is 38.4 Å². The Morgan fingerprint density at radius 2 is 2.36 bits per heavy atom. The van der Waals surface area contributed by atoms with Crippen molar-refractivity contribution in [2.24, 2.45) is 10.9 Å². The first-order valence-electron chi connectivity index (χ1n) is 8.14. The molecule has 124 valence electrons. The van der Waals surface area contributed by atoms with Crippen LogP contribution >= 0.6 is 23.1 Å². The van der Waals surface area contributed by atoms with Crippen LogP contribution in [0.15, 0.2) is 11.2 Å². The number of guanidine groups is 1. The maximum Gasteiger partial charge on any atom is 0.193 e. The minimum atomic E-state index is 0.707. The number of nitrogens with zero attached hydrogens (tertiary/aromatic N) is 3. The van der Waals surface area contributed by atoms with E-state index in [1.54, 1.807) is 0 Å². The number of thiazole rings is 1. The van der Waals surface area contributed by atoms with Gasteiger partial charge in [0.25, 0.3) is 0 Å². The van der Waals surface area contributed by atoms with Gasteiger partial charge in [-0.1, -0.05) is 20.8 Å². The number of nitrogens with one attached hydrogen (secondary N) is 1. The summed E-state index contributed by atoms with van der Waals surface area (Å²) in [6.45, 7) is 9.89. The summed E-state index contributed by atoms with van der Waals surface area (Å²) in [5, 5.41) is 5.43. The van der Waals surface area contributed by atoms with Crippen molar-refractivity contribution in [2.45, 2.75) is 38.9 Å². The van der Waals surface area contributed by atoms with Crippen molar-refractivity contribution in [3.63, 3.8) is 0 Å². The fraction of sp³-hybridized carbons (Fsp3) is 0.750. The summed E-state index contributed by atoms with van der Waals surface area (Å²) >= 11 is 3.92. The van der Waals surface area contributed by atoms with Crippen LogP contribution in [0.25, 0.3) is 0 Å². The van der Waals surface area contributed by atoms with Crippen LogP contribution in [0, 0.1) is 5.92 Å². The van der Waals surface area contributed by atoms with Crippen LogP contribution in [-0.2, 0) is 12.8 Å². The molecule has 2 heterocycles. The SMILES string of the molecule is CCc1cnc(CCNC(=NC)N2CCSC(C(C)C)C2)s1. The van der Waals surface area contributed by atoms with E-state index >= 15 is 0 Å². The van der Waals surface area contributed by atoms with E-state index in [9.17, 15) is 0 Å². The van der Waals surface area contributed by atoms with Crippen molar-refractivity contribution < 1.29 is 0 Å². The Hall–Kier alpha value is -0.750. The molecule has 2 rings (SSSR count). The van der Waals surface area contributed by atoms with Crippen molar-refractivity contribution >= 4 is 29.1 Å². The highest BCUT2D eigenvalue weighted by Crippen LogP contribution is 2.24. The maximum atomic E-state index is 4.48.